The van der Waals surface area contributed by atoms with Gasteiger partial charge in [0.1, 0.15) is 18.0 Å². The lowest BCUT2D eigenvalue weighted by Gasteiger charge is -2.10. The number of phenols is 1. The molecule has 0 aliphatic carbocycles. The Morgan fingerprint density at radius 3 is 2.85 bits per heavy atom. The van der Waals surface area contributed by atoms with E-state index < -0.39 is 0 Å². The normalized spacial score (nSPS) is 14.4. The highest BCUT2D eigenvalue weighted by Crippen LogP contribution is 2.41. The number of rotatable bonds is 4. The molecule has 0 saturated carbocycles. The van der Waals surface area contributed by atoms with Crippen LogP contribution in [0.25, 0.3) is 6.08 Å². The first kappa shape index (κ1) is 17.7. The maximum Gasteiger partial charge on any atom is 0.202 e. The maximum atomic E-state index is 12.5. The number of hydrogen-bond acceptors (Lipinski definition) is 7. The number of phenolic OH excluding ortho intramolecular Hbond substituents is 1. The minimum absolute atomic E-state index is 0.00349. The number of hydrogen-bond donors (Lipinski definition) is 1. The third kappa shape index (κ3) is 3.72. The predicted molar refractivity (Wildman–Crippen MR) is 105 cm³/mol. The molecule has 0 atom stereocenters. The highest BCUT2D eigenvalue weighted by atomic mass is 79.9. The molecule has 0 saturated heterocycles. The van der Waals surface area contributed by atoms with Crippen LogP contribution in [0.2, 0.25) is 0 Å². The quantitative estimate of drug-likeness (QED) is 0.605. The van der Waals surface area contributed by atoms with Gasteiger partial charge in [-0.25, -0.2) is 15.0 Å². The number of halogens is 1. The van der Waals surface area contributed by atoms with Crippen molar-refractivity contribution < 1.29 is 14.6 Å². The number of thioether (sulfide) groups is 1. The Morgan fingerprint density at radius 1 is 1.26 bits per heavy atom. The Hall–Kier alpha value is -2.71. The maximum absolute atomic E-state index is 12.5. The number of nitrogens with zero attached hydrogens (tertiary/aromatic N) is 3. The van der Waals surface area contributed by atoms with Crippen molar-refractivity contribution in [3.63, 3.8) is 0 Å². The second kappa shape index (κ2) is 7.50. The molecule has 4 rings (SSSR count). The van der Waals surface area contributed by atoms with Crippen LogP contribution < -0.4 is 4.74 Å². The summed E-state index contributed by atoms with van der Waals surface area (Å²) in [7, 11) is 0. The Morgan fingerprint density at radius 2 is 2.07 bits per heavy atom. The SMILES string of the molecule is O=C1/C(=C/c2cc(OCc3cncnc3)c(O)cc2Br)Sc2ncccc21. The Labute approximate surface area is 167 Å². The summed E-state index contributed by atoms with van der Waals surface area (Å²) in [6.07, 6.45) is 8.15. The van der Waals surface area contributed by atoms with E-state index in [1.165, 1.54) is 18.1 Å². The molecule has 0 bridgehead atoms. The zero-order valence-electron chi connectivity index (χ0n) is 13.8. The van der Waals surface area contributed by atoms with Crippen LogP contribution in [-0.2, 0) is 6.61 Å². The third-order valence-electron chi connectivity index (χ3n) is 3.82. The Balaban J connectivity index is 1.61. The van der Waals surface area contributed by atoms with Gasteiger partial charge in [0.2, 0.25) is 5.78 Å². The molecule has 0 unspecified atom stereocenters. The van der Waals surface area contributed by atoms with Crippen molar-refractivity contribution in [2.45, 2.75) is 11.6 Å². The molecule has 8 heteroatoms. The van der Waals surface area contributed by atoms with Gasteiger partial charge in [-0.1, -0.05) is 27.7 Å². The van der Waals surface area contributed by atoms with Gasteiger partial charge in [-0.05, 0) is 35.9 Å². The van der Waals surface area contributed by atoms with E-state index in [0.29, 0.717) is 25.7 Å². The van der Waals surface area contributed by atoms with Crippen molar-refractivity contribution in [3.8, 4) is 11.5 Å². The molecule has 3 heterocycles. The highest BCUT2D eigenvalue weighted by molar-refractivity contribution is 9.10. The first-order valence-corrected chi connectivity index (χ1v) is 9.51. The fraction of sp³-hybridized carbons (Fsp3) is 0.0526. The molecule has 1 N–H and O–H groups in total. The fourth-order valence-corrected chi connectivity index (χ4v) is 3.94. The van der Waals surface area contributed by atoms with Crippen molar-refractivity contribution in [2.75, 3.05) is 0 Å². The number of Topliss-reactive ketones (excluding diaryl/α,β-unsaturated/α-hetero) is 1. The van der Waals surface area contributed by atoms with Gasteiger partial charge in [0, 0.05) is 28.6 Å². The molecule has 6 nitrogen and oxygen atoms in total. The van der Waals surface area contributed by atoms with E-state index >= 15 is 0 Å². The van der Waals surface area contributed by atoms with Crippen molar-refractivity contribution in [3.05, 3.63) is 75.3 Å². The van der Waals surface area contributed by atoms with E-state index in [2.05, 4.69) is 30.9 Å². The van der Waals surface area contributed by atoms with E-state index in [0.717, 1.165) is 11.1 Å². The van der Waals surface area contributed by atoms with Gasteiger partial charge in [-0.3, -0.25) is 4.79 Å². The number of carbonyl (C=O) groups is 1. The third-order valence-corrected chi connectivity index (χ3v) is 5.55. The summed E-state index contributed by atoms with van der Waals surface area (Å²) in [5.41, 5.74) is 2.10. The molecule has 3 aromatic rings. The van der Waals surface area contributed by atoms with Crippen molar-refractivity contribution >= 4 is 39.6 Å². The molecule has 27 heavy (non-hydrogen) atoms. The van der Waals surface area contributed by atoms with E-state index in [9.17, 15) is 9.90 Å². The first-order chi connectivity index (χ1) is 13.1. The van der Waals surface area contributed by atoms with Crippen LogP contribution >= 0.6 is 27.7 Å². The second-order valence-electron chi connectivity index (χ2n) is 5.67. The lowest BCUT2D eigenvalue weighted by molar-refractivity contribution is 0.104. The Bertz CT molecular complexity index is 1060. The van der Waals surface area contributed by atoms with Crippen LogP contribution in [0.1, 0.15) is 21.5 Å². The van der Waals surface area contributed by atoms with Gasteiger partial charge < -0.3 is 9.84 Å². The number of ether oxygens (including phenoxy) is 1. The summed E-state index contributed by atoms with van der Waals surface area (Å²) < 4.78 is 6.34. The summed E-state index contributed by atoms with van der Waals surface area (Å²) in [5, 5.41) is 10.9. The molecule has 2 aromatic heterocycles. The Kier molecular flexibility index (Phi) is 4.91. The molecular weight excluding hydrogens is 430 g/mol. The average Bonchev–Trinajstić information content (AvgIpc) is 3.00. The van der Waals surface area contributed by atoms with Crippen LogP contribution in [0.5, 0.6) is 11.5 Å². The molecule has 134 valence electrons. The largest absolute Gasteiger partial charge is 0.504 e. The fourth-order valence-electron chi connectivity index (χ4n) is 2.51. The summed E-state index contributed by atoms with van der Waals surface area (Å²) in [6, 6.07) is 6.73. The number of benzene rings is 1. The van der Waals surface area contributed by atoms with E-state index in [-0.39, 0.29) is 18.1 Å². The molecule has 1 aliphatic rings. The summed E-state index contributed by atoms with van der Waals surface area (Å²) >= 11 is 4.75. The standard InChI is InChI=1S/C19H12BrN3O3S/c20-14-6-15(24)16(26-9-11-7-21-10-22-8-11)4-12(14)5-17-18(25)13-2-1-3-23-19(13)27-17/h1-8,10,24H,9H2/b17-5-. The van der Waals surface area contributed by atoms with Gasteiger partial charge in [0.15, 0.2) is 11.5 Å². The van der Waals surface area contributed by atoms with E-state index in [1.807, 2.05) is 0 Å². The second-order valence-corrected chi connectivity index (χ2v) is 7.56. The van der Waals surface area contributed by atoms with E-state index in [4.69, 9.17) is 4.74 Å². The number of fused-ring (bicyclic) bond motifs is 1. The number of ketones is 1. The van der Waals surface area contributed by atoms with Crippen LogP contribution in [0.4, 0.5) is 0 Å². The smallest absolute Gasteiger partial charge is 0.202 e. The zero-order valence-corrected chi connectivity index (χ0v) is 16.2. The van der Waals surface area contributed by atoms with Gasteiger partial charge in [0.25, 0.3) is 0 Å². The highest BCUT2D eigenvalue weighted by Gasteiger charge is 2.27. The zero-order chi connectivity index (χ0) is 18.8. The molecule has 0 fully saturated rings. The van der Waals surface area contributed by atoms with Gasteiger partial charge in [0.05, 0.1) is 10.5 Å². The van der Waals surface area contributed by atoms with Gasteiger partial charge in [-0.2, -0.15) is 0 Å². The van der Waals surface area contributed by atoms with Crippen molar-refractivity contribution in [1.82, 2.24) is 15.0 Å². The molecule has 1 aliphatic heterocycles. The number of aromatic nitrogens is 3. The lowest BCUT2D eigenvalue weighted by Crippen LogP contribution is -1.98. The molecule has 0 spiro atoms. The van der Waals surface area contributed by atoms with Crippen LogP contribution in [-0.4, -0.2) is 25.8 Å². The molecule has 0 amide bonds. The van der Waals surface area contributed by atoms with Crippen LogP contribution in [0, 0.1) is 0 Å². The molecule has 0 radical (unpaired) electrons. The summed E-state index contributed by atoms with van der Waals surface area (Å²) in [4.78, 5) is 25.2. The number of allylic oxidation sites excluding steroid dienone is 1. The summed E-state index contributed by atoms with van der Waals surface area (Å²) in [5.74, 6) is 0.239. The lowest BCUT2D eigenvalue weighted by atomic mass is 10.1. The van der Waals surface area contributed by atoms with Crippen molar-refractivity contribution in [1.29, 1.82) is 0 Å². The minimum atomic E-state index is -0.0630. The number of carbonyl (C=O) groups excluding carboxylic acids is 1. The topological polar surface area (TPSA) is 85.2 Å². The van der Waals surface area contributed by atoms with Crippen molar-refractivity contribution in [2.24, 2.45) is 0 Å². The predicted octanol–water partition coefficient (Wildman–Crippen LogP) is 4.25. The van der Waals surface area contributed by atoms with Crippen LogP contribution in [0.3, 0.4) is 0 Å². The first-order valence-electron chi connectivity index (χ1n) is 7.90. The van der Waals surface area contributed by atoms with Gasteiger partial charge in [-0.15, -0.1) is 0 Å². The number of pyridine rings is 1. The minimum Gasteiger partial charge on any atom is -0.504 e. The average molecular weight is 442 g/mol. The molecule has 1 aromatic carbocycles. The number of aromatic hydroxyl groups is 1. The van der Waals surface area contributed by atoms with Gasteiger partial charge >= 0.3 is 0 Å². The van der Waals surface area contributed by atoms with Crippen LogP contribution in [0.15, 0.2) is 63.6 Å². The monoisotopic (exact) mass is 441 g/mol. The molecular formula is C19H12BrN3O3S. The summed E-state index contributed by atoms with van der Waals surface area (Å²) in [6.45, 7) is 0.217. The van der Waals surface area contributed by atoms with E-state index in [1.54, 1.807) is 48.9 Å².